The van der Waals surface area contributed by atoms with Crippen molar-refractivity contribution in [3.8, 4) is 5.75 Å². The Kier molecular flexibility index (Phi) is 3.36. The van der Waals surface area contributed by atoms with E-state index in [1.165, 1.54) is 6.07 Å². The number of hydrogen-bond acceptors (Lipinski definition) is 2. The second-order valence-corrected chi connectivity index (χ2v) is 3.21. The van der Waals surface area contributed by atoms with Gasteiger partial charge in [0, 0.05) is 6.07 Å². The molecule has 1 rings (SSSR count). The molecule has 0 unspecified atom stereocenters. The third-order valence-electron chi connectivity index (χ3n) is 1.73. The molecular weight excluding hydrogens is 205 g/mol. The van der Waals surface area contributed by atoms with Gasteiger partial charge >= 0.3 is 0 Å². The Labute approximate surface area is 87.1 Å². The van der Waals surface area contributed by atoms with Crippen LogP contribution in [-0.4, -0.2) is 0 Å². The van der Waals surface area contributed by atoms with Gasteiger partial charge in [0.2, 0.25) is 0 Å². The van der Waals surface area contributed by atoms with Crippen molar-refractivity contribution in [3.05, 3.63) is 34.8 Å². The quantitative estimate of drug-likeness (QED) is 0.607. The highest BCUT2D eigenvalue weighted by Crippen LogP contribution is 2.30. The summed E-state index contributed by atoms with van der Waals surface area (Å²) in [6, 6.07) is 2.50. The fourth-order valence-electron chi connectivity index (χ4n) is 0.855. The molecule has 0 amide bonds. The lowest BCUT2D eigenvalue weighted by molar-refractivity contribution is 0.426. The summed E-state index contributed by atoms with van der Waals surface area (Å²) in [5.41, 5.74) is 5.40. The van der Waals surface area contributed by atoms with Crippen LogP contribution in [-0.2, 0) is 0 Å². The summed E-state index contributed by atoms with van der Waals surface area (Å²) in [5, 5.41) is 0.206. The van der Waals surface area contributed by atoms with Crippen LogP contribution in [0.5, 0.6) is 5.75 Å². The number of rotatable bonds is 2. The summed E-state index contributed by atoms with van der Waals surface area (Å²) in [7, 11) is 0. The average molecular weight is 216 g/mol. The molecule has 0 aliphatic carbocycles. The van der Waals surface area contributed by atoms with Gasteiger partial charge in [-0.05, 0) is 26.0 Å². The van der Waals surface area contributed by atoms with Crippen LogP contribution in [0, 0.1) is 5.82 Å². The van der Waals surface area contributed by atoms with E-state index in [0.717, 1.165) is 6.07 Å². The first-order valence-corrected chi connectivity index (χ1v) is 4.47. The van der Waals surface area contributed by atoms with E-state index in [0.29, 0.717) is 11.5 Å². The monoisotopic (exact) mass is 215 g/mol. The Hall–Kier alpha value is -1.22. The molecule has 4 heteroatoms. The van der Waals surface area contributed by atoms with E-state index in [2.05, 4.69) is 0 Å². The Morgan fingerprint density at radius 3 is 2.79 bits per heavy atom. The Bertz CT molecular complexity index is 377. The zero-order valence-corrected chi connectivity index (χ0v) is 8.73. The SMILES string of the molecule is CC=C(C)Oc1cc(N)c(F)cc1Cl. The van der Waals surface area contributed by atoms with Crippen molar-refractivity contribution in [1.29, 1.82) is 0 Å². The molecule has 0 aliphatic rings. The van der Waals surface area contributed by atoms with Gasteiger partial charge in [-0.3, -0.25) is 0 Å². The van der Waals surface area contributed by atoms with E-state index in [4.69, 9.17) is 22.1 Å². The van der Waals surface area contributed by atoms with Gasteiger partial charge in [0.1, 0.15) is 11.6 Å². The molecule has 2 N–H and O–H groups in total. The molecule has 0 radical (unpaired) electrons. The van der Waals surface area contributed by atoms with Crippen molar-refractivity contribution in [2.45, 2.75) is 13.8 Å². The lowest BCUT2D eigenvalue weighted by Crippen LogP contribution is -1.95. The summed E-state index contributed by atoms with van der Waals surface area (Å²) in [6.07, 6.45) is 1.77. The summed E-state index contributed by atoms with van der Waals surface area (Å²) in [5.74, 6) is 0.500. The number of allylic oxidation sites excluding steroid dienone is 2. The maximum Gasteiger partial charge on any atom is 0.147 e. The van der Waals surface area contributed by atoms with Gasteiger partial charge < -0.3 is 10.5 Å². The minimum Gasteiger partial charge on any atom is -0.461 e. The number of hydrogen-bond donors (Lipinski definition) is 1. The van der Waals surface area contributed by atoms with Gasteiger partial charge in [-0.2, -0.15) is 0 Å². The molecule has 0 bridgehead atoms. The zero-order chi connectivity index (χ0) is 10.7. The number of nitrogens with two attached hydrogens (primary N) is 1. The summed E-state index contributed by atoms with van der Waals surface area (Å²) in [6.45, 7) is 3.60. The Balaban J connectivity index is 3.04. The third kappa shape index (κ3) is 2.39. The molecule has 0 saturated heterocycles. The normalized spacial score (nSPS) is 11.6. The Morgan fingerprint density at radius 2 is 2.21 bits per heavy atom. The number of halogens is 2. The minimum atomic E-state index is -0.541. The number of nitrogen functional groups attached to an aromatic ring is 1. The number of benzene rings is 1. The van der Waals surface area contributed by atoms with E-state index < -0.39 is 5.82 Å². The second kappa shape index (κ2) is 4.33. The van der Waals surface area contributed by atoms with Crippen molar-refractivity contribution in [2.24, 2.45) is 0 Å². The molecular formula is C10H11ClFNO. The van der Waals surface area contributed by atoms with Gasteiger partial charge in [-0.1, -0.05) is 11.6 Å². The molecule has 0 aliphatic heterocycles. The van der Waals surface area contributed by atoms with Crippen LogP contribution < -0.4 is 10.5 Å². The van der Waals surface area contributed by atoms with E-state index in [9.17, 15) is 4.39 Å². The molecule has 1 aromatic carbocycles. The summed E-state index contributed by atoms with van der Waals surface area (Å²) in [4.78, 5) is 0. The van der Waals surface area contributed by atoms with Crippen molar-refractivity contribution < 1.29 is 9.13 Å². The van der Waals surface area contributed by atoms with Crippen LogP contribution in [0.25, 0.3) is 0 Å². The first kappa shape index (κ1) is 10.9. The number of ether oxygens (including phenoxy) is 1. The van der Waals surface area contributed by atoms with E-state index in [1.54, 1.807) is 13.0 Å². The van der Waals surface area contributed by atoms with Gasteiger partial charge in [-0.15, -0.1) is 0 Å². The highest BCUT2D eigenvalue weighted by molar-refractivity contribution is 6.32. The van der Waals surface area contributed by atoms with Crippen molar-refractivity contribution >= 4 is 17.3 Å². The van der Waals surface area contributed by atoms with Crippen molar-refractivity contribution in [3.63, 3.8) is 0 Å². The molecule has 0 fully saturated rings. The van der Waals surface area contributed by atoms with E-state index in [-0.39, 0.29) is 10.7 Å². The fraction of sp³-hybridized carbons (Fsp3) is 0.200. The van der Waals surface area contributed by atoms with Crippen LogP contribution in [0.2, 0.25) is 5.02 Å². The van der Waals surface area contributed by atoms with Crippen LogP contribution in [0.15, 0.2) is 24.0 Å². The molecule has 0 heterocycles. The molecule has 14 heavy (non-hydrogen) atoms. The van der Waals surface area contributed by atoms with Gasteiger partial charge in [0.25, 0.3) is 0 Å². The maximum absolute atomic E-state index is 12.9. The van der Waals surface area contributed by atoms with Crippen LogP contribution in [0.1, 0.15) is 13.8 Å². The highest BCUT2D eigenvalue weighted by atomic mass is 35.5. The highest BCUT2D eigenvalue weighted by Gasteiger charge is 2.07. The molecule has 1 aromatic rings. The van der Waals surface area contributed by atoms with Crippen LogP contribution >= 0.6 is 11.6 Å². The van der Waals surface area contributed by atoms with E-state index in [1.807, 2.05) is 6.92 Å². The minimum absolute atomic E-state index is 0.0216. The molecule has 0 aromatic heterocycles. The topological polar surface area (TPSA) is 35.2 Å². The number of anilines is 1. The molecule has 2 nitrogen and oxygen atoms in total. The molecule has 76 valence electrons. The molecule has 0 atom stereocenters. The van der Waals surface area contributed by atoms with Crippen molar-refractivity contribution in [1.82, 2.24) is 0 Å². The smallest absolute Gasteiger partial charge is 0.147 e. The van der Waals surface area contributed by atoms with E-state index >= 15 is 0 Å². The molecule has 0 spiro atoms. The Morgan fingerprint density at radius 1 is 1.57 bits per heavy atom. The largest absolute Gasteiger partial charge is 0.461 e. The predicted octanol–water partition coefficient (Wildman–Crippen LogP) is 3.36. The predicted molar refractivity (Wildman–Crippen MR) is 55.9 cm³/mol. The van der Waals surface area contributed by atoms with Crippen molar-refractivity contribution in [2.75, 3.05) is 5.73 Å². The van der Waals surface area contributed by atoms with Gasteiger partial charge in [0.15, 0.2) is 0 Å². The summed E-state index contributed by atoms with van der Waals surface area (Å²) >= 11 is 5.75. The standard InChI is InChI=1S/C10H11ClFNO/c1-3-6(2)14-10-5-9(13)8(12)4-7(10)11/h3-5H,13H2,1-2H3. The van der Waals surface area contributed by atoms with Gasteiger partial charge in [-0.25, -0.2) is 4.39 Å². The molecule has 0 saturated carbocycles. The summed E-state index contributed by atoms with van der Waals surface area (Å²) < 4.78 is 18.2. The average Bonchev–Trinajstić information content (AvgIpc) is 2.14. The van der Waals surface area contributed by atoms with Crippen LogP contribution in [0.4, 0.5) is 10.1 Å². The zero-order valence-electron chi connectivity index (χ0n) is 7.97. The lowest BCUT2D eigenvalue weighted by atomic mass is 10.3. The third-order valence-corrected chi connectivity index (χ3v) is 2.02. The first-order chi connectivity index (χ1) is 6.54. The first-order valence-electron chi connectivity index (χ1n) is 4.10. The second-order valence-electron chi connectivity index (χ2n) is 2.81. The lowest BCUT2D eigenvalue weighted by Gasteiger charge is -2.08. The fourth-order valence-corrected chi connectivity index (χ4v) is 1.04. The van der Waals surface area contributed by atoms with Gasteiger partial charge in [0.05, 0.1) is 16.5 Å². The maximum atomic E-state index is 12.9. The van der Waals surface area contributed by atoms with Crippen LogP contribution in [0.3, 0.4) is 0 Å².